The van der Waals surface area contributed by atoms with Gasteiger partial charge in [0.2, 0.25) is 17.2 Å². The van der Waals surface area contributed by atoms with E-state index in [0.717, 1.165) is 37.6 Å². The number of benzene rings is 3. The standard InChI is InChI=1S/C45H54FN7O9/c1-4-51-25-34(43(57)58)40(54)33-23-35(46)38(24-37(33)51)52-18-20-53(21-19-52)45(60)62-27-31-10-12-32(13-11-31)48-41(55)36(22-29-14-16-47-17-15-29)49-42(56)39(28(2)3)50-44(59)61-26-30-8-6-5-7-9-30/h5-13,23-25,28-29,36,39,47H,4,14-22,26-27H2,1-3H3,(H,48,55)(H,49,56)(H,50,59)(H,57,58)/t36-,39-/m0/s1. The summed E-state index contributed by atoms with van der Waals surface area (Å²) in [7, 11) is 0. The van der Waals surface area contributed by atoms with Crippen LogP contribution in [0, 0.1) is 17.7 Å². The molecule has 17 heteroatoms. The van der Waals surface area contributed by atoms with Gasteiger partial charge in [0.25, 0.3) is 0 Å². The van der Waals surface area contributed by atoms with Crippen molar-refractivity contribution in [2.75, 3.05) is 49.5 Å². The summed E-state index contributed by atoms with van der Waals surface area (Å²) in [5, 5.41) is 21.2. The minimum absolute atomic E-state index is 0.0175. The van der Waals surface area contributed by atoms with Gasteiger partial charge in [0.15, 0.2) is 0 Å². The Morgan fingerprint density at radius 1 is 0.871 bits per heavy atom. The first-order valence-corrected chi connectivity index (χ1v) is 21.0. The number of carboxylic acid groups (broad SMARTS) is 1. The number of anilines is 2. The number of fused-ring (bicyclic) bond motifs is 1. The van der Waals surface area contributed by atoms with Crippen LogP contribution >= 0.6 is 0 Å². The molecule has 330 valence electrons. The maximum atomic E-state index is 15.4. The van der Waals surface area contributed by atoms with Crippen LogP contribution in [0.4, 0.5) is 25.4 Å². The summed E-state index contributed by atoms with van der Waals surface area (Å²) in [6, 6.07) is 16.8. The molecule has 6 rings (SSSR count). The van der Waals surface area contributed by atoms with Crippen molar-refractivity contribution < 1.29 is 42.9 Å². The molecule has 0 unspecified atom stereocenters. The Morgan fingerprint density at radius 3 is 2.18 bits per heavy atom. The topological polar surface area (TPSA) is 201 Å². The number of piperazine rings is 1. The van der Waals surface area contributed by atoms with E-state index < -0.39 is 58.9 Å². The lowest BCUT2D eigenvalue weighted by atomic mass is 9.90. The van der Waals surface area contributed by atoms with E-state index in [2.05, 4.69) is 21.3 Å². The monoisotopic (exact) mass is 855 g/mol. The van der Waals surface area contributed by atoms with E-state index in [1.54, 1.807) is 60.6 Å². The van der Waals surface area contributed by atoms with E-state index >= 15 is 4.39 Å². The van der Waals surface area contributed by atoms with Crippen LogP contribution in [0.1, 0.15) is 61.5 Å². The summed E-state index contributed by atoms with van der Waals surface area (Å²) in [5.41, 5.74) is 1.44. The van der Waals surface area contributed by atoms with Crippen molar-refractivity contribution in [3.63, 3.8) is 0 Å². The van der Waals surface area contributed by atoms with Gasteiger partial charge >= 0.3 is 18.2 Å². The Morgan fingerprint density at radius 2 is 1.53 bits per heavy atom. The third-order valence-electron chi connectivity index (χ3n) is 11.3. The number of carbonyl (C=O) groups excluding carboxylic acids is 4. The molecule has 2 fully saturated rings. The second-order valence-electron chi connectivity index (χ2n) is 15.9. The zero-order valence-electron chi connectivity index (χ0n) is 35.2. The molecule has 1 aromatic heterocycles. The van der Waals surface area contributed by atoms with Gasteiger partial charge in [0.1, 0.15) is 36.7 Å². The number of aromatic carboxylic acids is 1. The average molecular weight is 856 g/mol. The lowest BCUT2D eigenvalue weighted by molar-refractivity contribution is -0.129. The largest absolute Gasteiger partial charge is 0.477 e. The van der Waals surface area contributed by atoms with E-state index in [-0.39, 0.29) is 49.2 Å². The molecule has 16 nitrogen and oxygen atoms in total. The van der Waals surface area contributed by atoms with Crippen molar-refractivity contribution in [1.29, 1.82) is 0 Å². The van der Waals surface area contributed by atoms with Gasteiger partial charge in [-0.2, -0.15) is 0 Å². The van der Waals surface area contributed by atoms with Crippen LogP contribution in [0.5, 0.6) is 0 Å². The van der Waals surface area contributed by atoms with Crippen LogP contribution in [0.15, 0.2) is 77.7 Å². The molecule has 2 saturated heterocycles. The number of hydrogen-bond donors (Lipinski definition) is 5. The Kier molecular flexibility index (Phi) is 15.2. The molecule has 2 atom stereocenters. The zero-order valence-corrected chi connectivity index (χ0v) is 35.2. The minimum Gasteiger partial charge on any atom is -0.477 e. The molecular weight excluding hydrogens is 802 g/mol. The molecule has 2 aliphatic rings. The van der Waals surface area contributed by atoms with Crippen molar-refractivity contribution in [3.05, 3.63) is 106 Å². The van der Waals surface area contributed by atoms with Gasteiger partial charge in [0, 0.05) is 50.0 Å². The Hall–Kier alpha value is -6.49. The summed E-state index contributed by atoms with van der Waals surface area (Å²) in [6.07, 6.45) is 2.10. The number of aryl methyl sites for hydroxylation is 1. The molecule has 5 N–H and O–H groups in total. The van der Waals surface area contributed by atoms with Gasteiger partial charge < -0.3 is 50.2 Å². The fourth-order valence-corrected chi connectivity index (χ4v) is 7.71. The summed E-state index contributed by atoms with van der Waals surface area (Å²) in [6.45, 7) is 8.49. The predicted octanol–water partition coefficient (Wildman–Crippen LogP) is 5.08. The third-order valence-corrected chi connectivity index (χ3v) is 11.3. The number of hydrogen-bond acceptors (Lipinski definition) is 10. The second kappa shape index (κ2) is 20.9. The SMILES string of the molecule is CCn1cc(C(=O)O)c(=O)c2cc(F)c(N3CCN(C(=O)OCc4ccc(NC(=O)[C@H](CC5CCNCC5)NC(=O)[C@@H](NC(=O)OCc5ccccc5)C(C)C)cc4)CC3)cc21. The smallest absolute Gasteiger partial charge is 0.410 e. The highest BCUT2D eigenvalue weighted by Crippen LogP contribution is 2.27. The zero-order chi connectivity index (χ0) is 44.3. The van der Waals surface area contributed by atoms with Gasteiger partial charge in [-0.25, -0.2) is 18.8 Å². The van der Waals surface area contributed by atoms with Gasteiger partial charge in [-0.05, 0) is 86.5 Å². The molecule has 62 heavy (non-hydrogen) atoms. The fourth-order valence-electron chi connectivity index (χ4n) is 7.71. The third kappa shape index (κ3) is 11.5. The average Bonchev–Trinajstić information content (AvgIpc) is 3.27. The van der Waals surface area contributed by atoms with Gasteiger partial charge in [-0.1, -0.05) is 56.3 Å². The van der Waals surface area contributed by atoms with Gasteiger partial charge in [0.05, 0.1) is 11.2 Å². The van der Waals surface area contributed by atoms with E-state index in [1.807, 2.05) is 30.3 Å². The van der Waals surface area contributed by atoms with Crippen molar-refractivity contribution in [3.8, 4) is 0 Å². The van der Waals surface area contributed by atoms with Gasteiger partial charge in [-0.15, -0.1) is 0 Å². The second-order valence-corrected chi connectivity index (χ2v) is 15.9. The van der Waals surface area contributed by atoms with E-state index in [9.17, 15) is 33.9 Å². The van der Waals surface area contributed by atoms with Crippen molar-refractivity contribution in [2.24, 2.45) is 11.8 Å². The number of nitrogens with zero attached hydrogens (tertiary/aromatic N) is 3. The van der Waals surface area contributed by atoms with E-state index in [0.29, 0.717) is 42.8 Å². The molecule has 0 spiro atoms. The van der Waals surface area contributed by atoms with Crippen LogP contribution in [0.25, 0.3) is 10.9 Å². The number of alkyl carbamates (subject to hydrolysis) is 1. The summed E-state index contributed by atoms with van der Waals surface area (Å²) >= 11 is 0. The fraction of sp³-hybridized carbons (Fsp3) is 0.422. The van der Waals surface area contributed by atoms with Crippen LogP contribution in [0.2, 0.25) is 0 Å². The first-order chi connectivity index (χ1) is 29.8. The number of halogens is 1. The molecule has 0 bridgehead atoms. The van der Waals surface area contributed by atoms with Crippen LogP contribution in [0.3, 0.4) is 0 Å². The maximum Gasteiger partial charge on any atom is 0.410 e. The first kappa shape index (κ1) is 45.0. The van der Waals surface area contributed by atoms with Crippen molar-refractivity contribution in [2.45, 2.75) is 71.9 Å². The Labute approximate surface area is 358 Å². The van der Waals surface area contributed by atoms with Crippen LogP contribution in [-0.4, -0.2) is 95.9 Å². The van der Waals surface area contributed by atoms with Gasteiger partial charge in [-0.3, -0.25) is 14.4 Å². The molecule has 4 aromatic rings. The molecule has 4 amide bonds. The highest BCUT2D eigenvalue weighted by Gasteiger charge is 2.32. The normalized spacial score (nSPS) is 15.4. The number of nitrogens with one attached hydrogen (secondary N) is 4. The van der Waals surface area contributed by atoms with Crippen LogP contribution in [-0.2, 0) is 38.8 Å². The molecule has 0 radical (unpaired) electrons. The lowest BCUT2D eigenvalue weighted by Gasteiger charge is -2.35. The lowest BCUT2D eigenvalue weighted by Crippen LogP contribution is -2.55. The summed E-state index contributed by atoms with van der Waals surface area (Å²) in [5.74, 6) is -3.04. The van der Waals surface area contributed by atoms with Crippen molar-refractivity contribution in [1.82, 2.24) is 25.4 Å². The minimum atomic E-state index is -1.38. The number of pyridine rings is 1. The number of rotatable bonds is 15. The van der Waals surface area contributed by atoms with Crippen LogP contribution < -0.4 is 31.6 Å². The number of aromatic nitrogens is 1. The molecule has 0 saturated carbocycles. The number of carbonyl (C=O) groups is 5. The highest BCUT2D eigenvalue weighted by atomic mass is 19.1. The quantitative estimate of drug-likeness (QED) is 0.107. The van der Waals surface area contributed by atoms with E-state index in [4.69, 9.17) is 9.47 Å². The Bertz CT molecular complexity index is 2290. The molecular formula is C45H54FN7O9. The summed E-state index contributed by atoms with van der Waals surface area (Å²) < 4.78 is 27.9. The van der Waals surface area contributed by atoms with E-state index in [1.165, 1.54) is 11.1 Å². The molecule has 2 aliphatic heterocycles. The first-order valence-electron chi connectivity index (χ1n) is 21.0. The predicted molar refractivity (Wildman–Crippen MR) is 230 cm³/mol. The molecule has 0 aliphatic carbocycles. The summed E-state index contributed by atoms with van der Waals surface area (Å²) in [4.78, 5) is 80.8. The maximum absolute atomic E-state index is 15.4. The molecule has 3 aromatic carbocycles. The highest BCUT2D eigenvalue weighted by molar-refractivity contribution is 5.98. The Balaban J connectivity index is 1.01. The van der Waals surface area contributed by atoms with Crippen molar-refractivity contribution >= 4 is 52.2 Å². The number of carboxylic acids is 1. The molecule has 3 heterocycles. The number of amides is 4. The number of piperidine rings is 1. The number of ether oxygens (including phenoxy) is 2.